The molecule has 1 amide bonds. The first-order valence-corrected chi connectivity index (χ1v) is 6.57. The Hall–Kier alpha value is -1.55. The second-order valence-electron chi connectivity index (χ2n) is 3.49. The van der Waals surface area contributed by atoms with Crippen LogP contribution in [0.1, 0.15) is 20.3 Å². The molecule has 9 nitrogen and oxygen atoms in total. The Morgan fingerprint density at radius 2 is 2.17 bits per heavy atom. The number of oxime groups is 1. The zero-order chi connectivity index (χ0) is 14.3. The summed E-state index contributed by atoms with van der Waals surface area (Å²) >= 11 is 0. The summed E-state index contributed by atoms with van der Waals surface area (Å²) in [4.78, 5) is 11.0. The van der Waals surface area contributed by atoms with E-state index in [-0.39, 0.29) is 18.9 Å². The molecule has 10 heteroatoms. The molecule has 1 unspecified atom stereocenters. The van der Waals surface area contributed by atoms with Crippen molar-refractivity contribution in [2.45, 2.75) is 26.3 Å². The van der Waals surface area contributed by atoms with E-state index >= 15 is 0 Å². The molecule has 4 N–H and O–H groups in total. The summed E-state index contributed by atoms with van der Waals surface area (Å²) in [7, 11) is -2.76. The second-order valence-corrected chi connectivity index (χ2v) is 5.22. The average Bonchev–Trinajstić information content (AvgIpc) is 2.27. The number of nitrogens with zero attached hydrogens (tertiary/aromatic N) is 2. The average molecular weight is 282 g/mol. The van der Waals surface area contributed by atoms with Crippen LogP contribution in [0.25, 0.3) is 0 Å². The van der Waals surface area contributed by atoms with Gasteiger partial charge in [-0.25, -0.2) is 9.52 Å². The molecule has 0 spiro atoms. The third kappa shape index (κ3) is 5.19. The lowest BCUT2D eigenvalue weighted by Gasteiger charge is -2.23. The summed E-state index contributed by atoms with van der Waals surface area (Å²) in [6, 6.07) is -0.590. The zero-order valence-corrected chi connectivity index (χ0v) is 11.3. The molecular formula is C8H18N4O5S. The van der Waals surface area contributed by atoms with Crippen molar-refractivity contribution in [3.05, 3.63) is 0 Å². The topological polar surface area (TPSA) is 134 Å². The quantitative estimate of drug-likeness (QED) is 0.258. The van der Waals surface area contributed by atoms with Crippen LogP contribution in [0.3, 0.4) is 0 Å². The Morgan fingerprint density at radius 1 is 1.61 bits per heavy atom. The molecule has 1 atom stereocenters. The highest BCUT2D eigenvalue weighted by Crippen LogP contribution is 2.06. The summed E-state index contributed by atoms with van der Waals surface area (Å²) in [5.41, 5.74) is 5.27. The minimum atomic E-state index is -4.02. The minimum Gasteiger partial charge on any atom is -0.449 e. The third-order valence-corrected chi connectivity index (χ3v) is 3.66. The molecule has 0 fully saturated rings. The number of amidine groups is 1. The number of nitrogens with one attached hydrogen (secondary N) is 1. The Labute approximate surface area is 106 Å². The van der Waals surface area contributed by atoms with E-state index in [0.717, 1.165) is 4.31 Å². The first kappa shape index (κ1) is 16.4. The van der Waals surface area contributed by atoms with Crippen molar-refractivity contribution in [1.29, 1.82) is 0 Å². The molecule has 106 valence electrons. The number of nitrogens with two attached hydrogens (primary N) is 1. The highest BCUT2D eigenvalue weighted by atomic mass is 32.2. The lowest BCUT2D eigenvalue weighted by molar-refractivity contribution is 0.158. The highest BCUT2D eigenvalue weighted by molar-refractivity contribution is 7.87. The first-order valence-electron chi connectivity index (χ1n) is 5.13. The van der Waals surface area contributed by atoms with Gasteiger partial charge in [0.05, 0.1) is 6.61 Å². The molecular weight excluding hydrogens is 264 g/mol. The van der Waals surface area contributed by atoms with Gasteiger partial charge in [-0.2, -0.15) is 12.7 Å². The number of rotatable bonds is 6. The lowest BCUT2D eigenvalue weighted by Crippen LogP contribution is -2.46. The van der Waals surface area contributed by atoms with Crippen LogP contribution in [0, 0.1) is 0 Å². The Bertz CT molecular complexity index is 408. The van der Waals surface area contributed by atoms with Crippen molar-refractivity contribution >= 4 is 22.1 Å². The molecule has 0 aliphatic heterocycles. The van der Waals surface area contributed by atoms with E-state index in [1.807, 2.05) is 0 Å². The molecule has 0 aromatic rings. The Balaban J connectivity index is 4.65. The van der Waals surface area contributed by atoms with Gasteiger partial charge in [-0.1, -0.05) is 5.16 Å². The first-order chi connectivity index (χ1) is 8.24. The van der Waals surface area contributed by atoms with Gasteiger partial charge in [-0.3, -0.25) is 0 Å². The van der Waals surface area contributed by atoms with E-state index in [1.54, 1.807) is 18.6 Å². The van der Waals surface area contributed by atoms with Crippen LogP contribution < -0.4 is 10.5 Å². The summed E-state index contributed by atoms with van der Waals surface area (Å²) in [6.45, 7) is 3.16. The molecule has 18 heavy (non-hydrogen) atoms. The predicted molar refractivity (Wildman–Crippen MR) is 64.3 cm³/mol. The Kier molecular flexibility index (Phi) is 6.41. The third-order valence-electron chi connectivity index (χ3n) is 2.12. The van der Waals surface area contributed by atoms with E-state index in [2.05, 4.69) is 9.89 Å². The van der Waals surface area contributed by atoms with Crippen LogP contribution in [0.15, 0.2) is 5.16 Å². The van der Waals surface area contributed by atoms with Crippen molar-refractivity contribution < 1.29 is 23.2 Å². The van der Waals surface area contributed by atoms with Gasteiger partial charge in [-0.05, 0) is 13.8 Å². The molecule has 0 aliphatic rings. The van der Waals surface area contributed by atoms with Crippen LogP contribution in [-0.2, 0) is 14.9 Å². The SMILES string of the molecule is CCOC(=O)NS(=O)(=O)N(C)C(C)CC(N)=NO. The summed E-state index contributed by atoms with van der Waals surface area (Å²) in [5.74, 6) is -0.110. The van der Waals surface area contributed by atoms with Gasteiger partial charge in [0.1, 0.15) is 5.84 Å². The molecule has 0 aromatic heterocycles. The van der Waals surface area contributed by atoms with E-state index in [9.17, 15) is 13.2 Å². The zero-order valence-electron chi connectivity index (χ0n) is 10.5. The van der Waals surface area contributed by atoms with Gasteiger partial charge in [0.25, 0.3) is 0 Å². The molecule has 0 aromatic carbocycles. The number of hydrogen-bond acceptors (Lipinski definition) is 6. The van der Waals surface area contributed by atoms with Gasteiger partial charge in [0, 0.05) is 19.5 Å². The second kappa shape index (κ2) is 7.01. The number of amides is 1. The van der Waals surface area contributed by atoms with Gasteiger partial charge in [0.2, 0.25) is 0 Å². The maximum atomic E-state index is 11.7. The largest absolute Gasteiger partial charge is 0.449 e. The molecule has 0 saturated carbocycles. The van der Waals surface area contributed by atoms with Crippen LogP contribution in [-0.4, -0.2) is 49.6 Å². The van der Waals surface area contributed by atoms with Crippen LogP contribution in [0.5, 0.6) is 0 Å². The van der Waals surface area contributed by atoms with Crippen LogP contribution in [0.2, 0.25) is 0 Å². The maximum absolute atomic E-state index is 11.7. The Morgan fingerprint density at radius 3 is 2.61 bits per heavy atom. The fraction of sp³-hybridized carbons (Fsp3) is 0.750. The standard InChI is InChI=1S/C8H18N4O5S/c1-4-17-8(13)11-18(15,16)12(3)6(2)5-7(9)10-14/h6,14H,4-5H2,1-3H3,(H2,9,10)(H,11,13). The van der Waals surface area contributed by atoms with E-state index in [4.69, 9.17) is 10.9 Å². The predicted octanol–water partition coefficient (Wildman–Crippen LogP) is -0.566. The van der Waals surface area contributed by atoms with E-state index in [0.29, 0.717) is 0 Å². The molecule has 0 aliphatic carbocycles. The molecule has 0 radical (unpaired) electrons. The molecule has 0 bridgehead atoms. The van der Waals surface area contributed by atoms with Crippen molar-refractivity contribution in [3.63, 3.8) is 0 Å². The van der Waals surface area contributed by atoms with E-state index < -0.39 is 22.3 Å². The molecule has 0 heterocycles. The molecule has 0 rings (SSSR count). The molecule has 0 saturated heterocycles. The van der Waals surface area contributed by atoms with Gasteiger partial charge in [0.15, 0.2) is 0 Å². The van der Waals surface area contributed by atoms with Gasteiger partial charge >= 0.3 is 16.3 Å². The summed E-state index contributed by atoms with van der Waals surface area (Å²) in [5, 5.41) is 11.1. The normalized spacial score (nSPS) is 14.3. The van der Waals surface area contributed by atoms with Crippen LogP contribution in [0.4, 0.5) is 4.79 Å². The van der Waals surface area contributed by atoms with Crippen molar-refractivity contribution in [2.75, 3.05) is 13.7 Å². The smallest absolute Gasteiger partial charge is 0.421 e. The fourth-order valence-corrected chi connectivity index (χ4v) is 2.01. The lowest BCUT2D eigenvalue weighted by atomic mass is 10.2. The number of carbonyl (C=O) groups excluding carboxylic acids is 1. The maximum Gasteiger partial charge on any atom is 0.421 e. The van der Waals surface area contributed by atoms with Crippen molar-refractivity contribution in [2.24, 2.45) is 10.9 Å². The number of ether oxygens (including phenoxy) is 1. The van der Waals surface area contributed by atoms with Gasteiger partial charge in [-0.15, -0.1) is 0 Å². The highest BCUT2D eigenvalue weighted by Gasteiger charge is 2.26. The van der Waals surface area contributed by atoms with Crippen molar-refractivity contribution in [1.82, 2.24) is 9.03 Å². The number of carbonyl (C=O) groups is 1. The summed E-state index contributed by atoms with van der Waals surface area (Å²) in [6.07, 6.45) is -1.03. The van der Waals surface area contributed by atoms with Gasteiger partial charge < -0.3 is 15.7 Å². The monoisotopic (exact) mass is 282 g/mol. The fourth-order valence-electron chi connectivity index (χ4n) is 1.05. The van der Waals surface area contributed by atoms with E-state index in [1.165, 1.54) is 7.05 Å². The number of hydrogen-bond donors (Lipinski definition) is 3. The summed E-state index contributed by atoms with van der Waals surface area (Å²) < 4.78 is 30.5. The minimum absolute atomic E-state index is 0.0245. The van der Waals surface area contributed by atoms with Crippen molar-refractivity contribution in [3.8, 4) is 0 Å². The van der Waals surface area contributed by atoms with Crippen LogP contribution >= 0.6 is 0 Å².